The standard InChI is InChI=1S/C13H18N2O2/c1-10-7-13(14,12(16)17)9-15(10)8-11-5-3-2-4-6-11/h2-6,10H,7-9,14H2,1H3,(H,16,17)/t10-,13+/m1/s1. The molecule has 4 heteroatoms. The van der Waals surface area contributed by atoms with E-state index in [1.807, 2.05) is 37.3 Å². The molecule has 1 heterocycles. The van der Waals surface area contributed by atoms with E-state index < -0.39 is 11.5 Å². The maximum Gasteiger partial charge on any atom is 0.325 e. The van der Waals surface area contributed by atoms with Crippen molar-refractivity contribution in [3.05, 3.63) is 35.9 Å². The number of nitrogens with two attached hydrogens (primary N) is 1. The Morgan fingerprint density at radius 3 is 2.71 bits per heavy atom. The Labute approximate surface area is 101 Å². The summed E-state index contributed by atoms with van der Waals surface area (Å²) in [5.74, 6) is -0.903. The van der Waals surface area contributed by atoms with Crippen LogP contribution in [0.5, 0.6) is 0 Å². The fourth-order valence-corrected chi connectivity index (χ4v) is 2.42. The maximum absolute atomic E-state index is 11.1. The predicted molar refractivity (Wildman–Crippen MR) is 65.5 cm³/mol. The van der Waals surface area contributed by atoms with E-state index in [0.29, 0.717) is 13.0 Å². The van der Waals surface area contributed by atoms with Crippen LogP contribution in [0.15, 0.2) is 30.3 Å². The molecule has 0 saturated carbocycles. The average Bonchev–Trinajstić information content (AvgIpc) is 2.57. The molecule has 0 aromatic heterocycles. The molecular weight excluding hydrogens is 216 g/mol. The first-order valence-electron chi connectivity index (χ1n) is 5.81. The highest BCUT2D eigenvalue weighted by Gasteiger charge is 2.44. The van der Waals surface area contributed by atoms with E-state index >= 15 is 0 Å². The zero-order chi connectivity index (χ0) is 12.5. The molecule has 1 aromatic rings. The highest BCUT2D eigenvalue weighted by molar-refractivity contribution is 5.79. The first-order valence-corrected chi connectivity index (χ1v) is 5.81. The number of aliphatic carboxylic acids is 1. The number of carbonyl (C=O) groups is 1. The third-order valence-electron chi connectivity index (χ3n) is 3.42. The van der Waals surface area contributed by atoms with Gasteiger partial charge in [-0.15, -0.1) is 0 Å². The van der Waals surface area contributed by atoms with Gasteiger partial charge in [0.15, 0.2) is 0 Å². The molecule has 3 N–H and O–H groups in total. The quantitative estimate of drug-likeness (QED) is 0.820. The zero-order valence-electron chi connectivity index (χ0n) is 9.97. The smallest absolute Gasteiger partial charge is 0.325 e. The van der Waals surface area contributed by atoms with E-state index in [2.05, 4.69) is 4.90 Å². The van der Waals surface area contributed by atoms with Crippen LogP contribution in [0, 0.1) is 0 Å². The molecule has 0 bridgehead atoms. The summed E-state index contributed by atoms with van der Waals surface area (Å²) in [6.07, 6.45) is 0.509. The lowest BCUT2D eigenvalue weighted by atomic mass is 9.98. The first-order chi connectivity index (χ1) is 8.01. The van der Waals surface area contributed by atoms with E-state index in [1.165, 1.54) is 5.56 Å². The summed E-state index contributed by atoms with van der Waals surface area (Å²) in [6, 6.07) is 10.2. The van der Waals surface area contributed by atoms with Gasteiger partial charge in [-0.2, -0.15) is 0 Å². The van der Waals surface area contributed by atoms with Crippen molar-refractivity contribution in [1.82, 2.24) is 4.90 Å². The fraction of sp³-hybridized carbons (Fsp3) is 0.462. The predicted octanol–water partition coefficient (Wildman–Crippen LogP) is 1.06. The van der Waals surface area contributed by atoms with Crippen molar-refractivity contribution in [2.75, 3.05) is 6.54 Å². The molecule has 0 amide bonds. The van der Waals surface area contributed by atoms with Crippen molar-refractivity contribution in [2.45, 2.75) is 31.5 Å². The largest absolute Gasteiger partial charge is 0.480 e. The van der Waals surface area contributed by atoms with Gasteiger partial charge < -0.3 is 10.8 Å². The van der Waals surface area contributed by atoms with Crippen LogP contribution in [0.4, 0.5) is 0 Å². The Balaban J connectivity index is 2.07. The third kappa shape index (κ3) is 2.48. The van der Waals surface area contributed by atoms with Crippen molar-refractivity contribution in [3.8, 4) is 0 Å². The topological polar surface area (TPSA) is 66.6 Å². The maximum atomic E-state index is 11.1. The van der Waals surface area contributed by atoms with Crippen molar-refractivity contribution in [1.29, 1.82) is 0 Å². The van der Waals surface area contributed by atoms with Gasteiger partial charge in [0, 0.05) is 19.1 Å². The lowest BCUT2D eigenvalue weighted by molar-refractivity contribution is -0.142. The molecule has 2 rings (SSSR count). The van der Waals surface area contributed by atoms with Crippen molar-refractivity contribution < 1.29 is 9.90 Å². The molecule has 1 aliphatic heterocycles. The summed E-state index contributed by atoms with van der Waals surface area (Å²) >= 11 is 0. The van der Waals surface area contributed by atoms with Crippen LogP contribution in [0.2, 0.25) is 0 Å². The lowest BCUT2D eigenvalue weighted by Crippen LogP contribution is -2.50. The third-order valence-corrected chi connectivity index (χ3v) is 3.42. The van der Waals surface area contributed by atoms with Crippen LogP contribution in [0.25, 0.3) is 0 Å². The molecule has 4 nitrogen and oxygen atoms in total. The number of hydrogen-bond donors (Lipinski definition) is 2. The Morgan fingerprint density at radius 2 is 2.18 bits per heavy atom. The Kier molecular flexibility index (Phi) is 3.17. The van der Waals surface area contributed by atoms with Gasteiger partial charge in [0.05, 0.1) is 0 Å². The SMILES string of the molecule is C[C@@H]1C[C@@](N)(C(=O)O)CN1Cc1ccccc1. The minimum absolute atomic E-state index is 0.205. The van der Waals surface area contributed by atoms with Crippen molar-refractivity contribution in [3.63, 3.8) is 0 Å². The van der Waals surface area contributed by atoms with Gasteiger partial charge >= 0.3 is 5.97 Å². The fourth-order valence-electron chi connectivity index (χ4n) is 2.42. The highest BCUT2D eigenvalue weighted by Crippen LogP contribution is 2.26. The summed E-state index contributed by atoms with van der Waals surface area (Å²) in [5.41, 5.74) is 5.99. The van der Waals surface area contributed by atoms with E-state index in [1.54, 1.807) is 0 Å². The summed E-state index contributed by atoms with van der Waals surface area (Å²) in [7, 11) is 0. The Hall–Kier alpha value is -1.39. The molecular formula is C13H18N2O2. The van der Waals surface area contributed by atoms with E-state index in [9.17, 15) is 4.79 Å². The van der Waals surface area contributed by atoms with Crippen LogP contribution in [0.3, 0.4) is 0 Å². The molecule has 0 aliphatic carbocycles. The second kappa shape index (κ2) is 4.47. The van der Waals surface area contributed by atoms with Gasteiger partial charge in [-0.3, -0.25) is 9.69 Å². The van der Waals surface area contributed by atoms with E-state index in [0.717, 1.165) is 6.54 Å². The zero-order valence-corrected chi connectivity index (χ0v) is 9.97. The van der Waals surface area contributed by atoms with Crippen molar-refractivity contribution >= 4 is 5.97 Å². The molecule has 92 valence electrons. The molecule has 0 radical (unpaired) electrons. The second-order valence-electron chi connectivity index (χ2n) is 4.91. The molecule has 2 atom stereocenters. The minimum atomic E-state index is -1.09. The van der Waals surface area contributed by atoms with E-state index in [4.69, 9.17) is 10.8 Å². The Bertz CT molecular complexity index is 407. The van der Waals surface area contributed by atoms with Crippen LogP contribution < -0.4 is 5.73 Å². The van der Waals surface area contributed by atoms with Crippen molar-refractivity contribution in [2.24, 2.45) is 5.73 Å². The number of carboxylic acid groups (broad SMARTS) is 1. The second-order valence-corrected chi connectivity index (χ2v) is 4.91. The average molecular weight is 234 g/mol. The summed E-state index contributed by atoms with van der Waals surface area (Å²) in [6.45, 7) is 3.20. The monoisotopic (exact) mass is 234 g/mol. The number of benzene rings is 1. The van der Waals surface area contributed by atoms with Gasteiger partial charge in [-0.1, -0.05) is 30.3 Å². The summed E-state index contributed by atoms with van der Waals surface area (Å²) in [4.78, 5) is 13.2. The number of rotatable bonds is 3. The minimum Gasteiger partial charge on any atom is -0.480 e. The number of hydrogen-bond acceptors (Lipinski definition) is 3. The molecule has 17 heavy (non-hydrogen) atoms. The van der Waals surface area contributed by atoms with Crippen LogP contribution in [-0.2, 0) is 11.3 Å². The highest BCUT2D eigenvalue weighted by atomic mass is 16.4. The van der Waals surface area contributed by atoms with Gasteiger partial charge in [0.25, 0.3) is 0 Å². The first kappa shape index (κ1) is 12.1. The van der Waals surface area contributed by atoms with Crippen LogP contribution >= 0.6 is 0 Å². The van der Waals surface area contributed by atoms with Gasteiger partial charge in [0.1, 0.15) is 5.54 Å². The summed E-state index contributed by atoms with van der Waals surface area (Å²) in [5, 5.41) is 9.12. The van der Waals surface area contributed by atoms with Gasteiger partial charge in [-0.25, -0.2) is 0 Å². The van der Waals surface area contributed by atoms with Gasteiger partial charge in [-0.05, 0) is 18.9 Å². The summed E-state index contributed by atoms with van der Waals surface area (Å²) < 4.78 is 0. The normalized spacial score (nSPS) is 29.4. The molecule has 0 unspecified atom stereocenters. The molecule has 0 spiro atoms. The van der Waals surface area contributed by atoms with Crippen LogP contribution in [0.1, 0.15) is 18.9 Å². The molecule has 1 aromatic carbocycles. The van der Waals surface area contributed by atoms with Crippen LogP contribution in [-0.4, -0.2) is 34.1 Å². The molecule has 1 fully saturated rings. The number of nitrogens with zero attached hydrogens (tertiary/aromatic N) is 1. The van der Waals surface area contributed by atoms with Gasteiger partial charge in [0.2, 0.25) is 0 Å². The molecule has 1 aliphatic rings. The Morgan fingerprint density at radius 1 is 1.53 bits per heavy atom. The lowest BCUT2D eigenvalue weighted by Gasteiger charge is -2.21. The number of carboxylic acids is 1. The van der Waals surface area contributed by atoms with E-state index in [-0.39, 0.29) is 6.04 Å². The molecule has 1 saturated heterocycles. The number of likely N-dealkylation sites (tertiary alicyclic amines) is 1.